The Morgan fingerprint density at radius 2 is 1.54 bits per heavy atom. The second kappa shape index (κ2) is 14.0. The Morgan fingerprint density at radius 3 is 2.17 bits per heavy atom. The van der Waals surface area contributed by atoms with Gasteiger partial charge in [-0.2, -0.15) is 0 Å². The van der Waals surface area contributed by atoms with Crippen molar-refractivity contribution in [3.8, 4) is 0 Å². The van der Waals surface area contributed by atoms with Crippen molar-refractivity contribution in [2.45, 2.75) is 42.8 Å². The SMILES string of the molecule is COCC1OC(n2cnc3c(NCC(c4ccccc4)c4ccccc4)nc(CNS(=O)(=O)Cc4ccccc4)nc32)C(O)C1O. The number of ether oxygens (including phenoxy) is 2. The third-order valence-corrected chi connectivity index (χ3v) is 9.23. The van der Waals surface area contributed by atoms with Crippen LogP contribution in [0, 0.1) is 0 Å². The molecule has 46 heavy (non-hydrogen) atoms. The van der Waals surface area contributed by atoms with Crippen molar-refractivity contribution in [2.75, 3.05) is 25.6 Å². The molecule has 0 amide bonds. The molecule has 240 valence electrons. The number of hydrogen-bond donors (Lipinski definition) is 4. The largest absolute Gasteiger partial charge is 0.387 e. The van der Waals surface area contributed by atoms with E-state index in [-0.39, 0.29) is 30.6 Å². The fraction of sp³-hybridized carbons (Fsp3) is 0.303. The van der Waals surface area contributed by atoms with Crippen LogP contribution in [0.25, 0.3) is 11.2 Å². The molecule has 0 bridgehead atoms. The molecule has 1 aliphatic rings. The normalized spacial score (nSPS) is 20.0. The van der Waals surface area contributed by atoms with Crippen molar-refractivity contribution >= 4 is 27.0 Å². The summed E-state index contributed by atoms with van der Waals surface area (Å²) in [6, 6.07) is 29.1. The van der Waals surface area contributed by atoms with Gasteiger partial charge in [0.2, 0.25) is 10.0 Å². The topological polar surface area (TPSA) is 161 Å². The minimum Gasteiger partial charge on any atom is -0.387 e. The Morgan fingerprint density at radius 1 is 0.913 bits per heavy atom. The Hall–Kier alpha value is -4.24. The summed E-state index contributed by atoms with van der Waals surface area (Å²) in [6.45, 7) is 0.343. The summed E-state index contributed by atoms with van der Waals surface area (Å²) in [4.78, 5) is 13.9. The van der Waals surface area contributed by atoms with Crippen molar-refractivity contribution in [2.24, 2.45) is 0 Å². The van der Waals surface area contributed by atoms with Crippen LogP contribution in [0.15, 0.2) is 97.3 Å². The van der Waals surface area contributed by atoms with Crippen molar-refractivity contribution in [3.63, 3.8) is 0 Å². The number of anilines is 1. The van der Waals surface area contributed by atoms with E-state index in [1.807, 2.05) is 42.5 Å². The van der Waals surface area contributed by atoms with E-state index in [1.165, 1.54) is 18.0 Å². The number of fused-ring (bicyclic) bond motifs is 1. The zero-order chi connectivity index (χ0) is 32.1. The first-order valence-corrected chi connectivity index (χ1v) is 16.6. The quantitative estimate of drug-likeness (QED) is 0.150. The number of aromatic nitrogens is 4. The predicted octanol–water partition coefficient (Wildman–Crippen LogP) is 2.96. The second-order valence-electron chi connectivity index (χ2n) is 11.1. The molecule has 5 aromatic rings. The summed E-state index contributed by atoms with van der Waals surface area (Å²) >= 11 is 0. The molecule has 0 aliphatic carbocycles. The Bertz CT molecular complexity index is 1800. The maximum atomic E-state index is 13.0. The molecule has 6 rings (SSSR count). The van der Waals surface area contributed by atoms with Crippen LogP contribution in [0.5, 0.6) is 0 Å². The average Bonchev–Trinajstić information content (AvgIpc) is 3.61. The van der Waals surface area contributed by atoms with Gasteiger partial charge in [-0.1, -0.05) is 91.0 Å². The van der Waals surface area contributed by atoms with Crippen LogP contribution in [0.1, 0.15) is 34.7 Å². The smallest absolute Gasteiger partial charge is 0.216 e. The van der Waals surface area contributed by atoms with Gasteiger partial charge in [0, 0.05) is 19.6 Å². The zero-order valence-corrected chi connectivity index (χ0v) is 26.0. The van der Waals surface area contributed by atoms with Crippen LogP contribution >= 0.6 is 0 Å². The molecular formula is C33H36N6O6S. The van der Waals surface area contributed by atoms with Gasteiger partial charge in [-0.25, -0.2) is 28.1 Å². The lowest BCUT2D eigenvalue weighted by Gasteiger charge is -2.20. The number of rotatable bonds is 13. The summed E-state index contributed by atoms with van der Waals surface area (Å²) in [5.41, 5.74) is 3.56. The number of sulfonamides is 1. The van der Waals surface area contributed by atoms with Gasteiger partial charge in [-0.05, 0) is 16.7 Å². The molecule has 13 heteroatoms. The van der Waals surface area contributed by atoms with Crippen LogP contribution in [-0.4, -0.2) is 76.7 Å². The fourth-order valence-electron chi connectivity index (χ4n) is 5.63. The molecule has 0 spiro atoms. The van der Waals surface area contributed by atoms with Crippen LogP contribution < -0.4 is 10.0 Å². The van der Waals surface area contributed by atoms with Crippen LogP contribution in [-0.2, 0) is 31.8 Å². The number of aliphatic hydroxyl groups excluding tert-OH is 2. The van der Waals surface area contributed by atoms with Gasteiger partial charge < -0.3 is 25.0 Å². The summed E-state index contributed by atoms with van der Waals surface area (Å²) in [5.74, 6) is 0.341. The van der Waals surface area contributed by atoms with E-state index < -0.39 is 34.6 Å². The molecule has 3 aromatic carbocycles. The lowest BCUT2D eigenvalue weighted by atomic mass is 9.91. The van der Waals surface area contributed by atoms with E-state index in [0.29, 0.717) is 29.1 Å². The molecule has 1 fully saturated rings. The van der Waals surface area contributed by atoms with Gasteiger partial charge in [-0.15, -0.1) is 0 Å². The summed E-state index contributed by atoms with van der Waals surface area (Å²) in [6.07, 6.45) is -2.77. The first-order valence-electron chi connectivity index (χ1n) is 14.9. The van der Waals surface area contributed by atoms with Gasteiger partial charge in [0.1, 0.15) is 24.1 Å². The highest BCUT2D eigenvalue weighted by molar-refractivity contribution is 7.88. The van der Waals surface area contributed by atoms with Crippen LogP contribution in [0.2, 0.25) is 0 Å². The number of aliphatic hydroxyl groups is 2. The van der Waals surface area contributed by atoms with Gasteiger partial charge in [0.15, 0.2) is 23.2 Å². The molecule has 1 aliphatic heterocycles. The van der Waals surface area contributed by atoms with Gasteiger partial charge >= 0.3 is 0 Å². The highest BCUT2D eigenvalue weighted by Crippen LogP contribution is 2.33. The lowest BCUT2D eigenvalue weighted by molar-refractivity contribution is -0.0580. The predicted molar refractivity (Wildman–Crippen MR) is 172 cm³/mol. The van der Waals surface area contributed by atoms with E-state index in [2.05, 4.69) is 44.3 Å². The molecule has 0 saturated carbocycles. The summed E-state index contributed by atoms with van der Waals surface area (Å²) < 4.78 is 41.2. The maximum absolute atomic E-state index is 13.0. The Balaban J connectivity index is 1.33. The highest BCUT2D eigenvalue weighted by atomic mass is 32.2. The number of imidazole rings is 1. The first kappa shape index (κ1) is 31.7. The number of methoxy groups -OCH3 is 1. The average molecular weight is 645 g/mol. The van der Waals surface area contributed by atoms with Crippen molar-refractivity contribution in [1.29, 1.82) is 0 Å². The van der Waals surface area contributed by atoms with Gasteiger partial charge in [-0.3, -0.25) is 4.57 Å². The minimum atomic E-state index is -3.72. The number of hydrogen-bond acceptors (Lipinski definition) is 10. The van der Waals surface area contributed by atoms with Gasteiger partial charge in [0.05, 0.1) is 25.2 Å². The number of nitrogens with one attached hydrogen (secondary N) is 2. The molecular weight excluding hydrogens is 608 g/mol. The molecule has 3 heterocycles. The second-order valence-corrected chi connectivity index (χ2v) is 12.9. The molecule has 4 N–H and O–H groups in total. The molecule has 2 aromatic heterocycles. The third-order valence-electron chi connectivity index (χ3n) is 7.94. The molecule has 4 atom stereocenters. The fourth-order valence-corrected chi connectivity index (χ4v) is 6.71. The number of nitrogens with zero attached hydrogens (tertiary/aromatic N) is 4. The van der Waals surface area contributed by atoms with E-state index in [0.717, 1.165) is 11.1 Å². The van der Waals surface area contributed by atoms with Crippen LogP contribution in [0.4, 0.5) is 5.82 Å². The van der Waals surface area contributed by atoms with Crippen LogP contribution in [0.3, 0.4) is 0 Å². The summed E-state index contributed by atoms with van der Waals surface area (Å²) in [7, 11) is -2.24. The molecule has 1 saturated heterocycles. The highest BCUT2D eigenvalue weighted by Gasteiger charge is 2.44. The lowest BCUT2D eigenvalue weighted by Crippen LogP contribution is -2.33. The van der Waals surface area contributed by atoms with E-state index >= 15 is 0 Å². The maximum Gasteiger partial charge on any atom is 0.216 e. The van der Waals surface area contributed by atoms with E-state index in [1.54, 1.807) is 24.3 Å². The summed E-state index contributed by atoms with van der Waals surface area (Å²) in [5, 5.41) is 24.9. The molecule has 12 nitrogen and oxygen atoms in total. The monoisotopic (exact) mass is 644 g/mol. The van der Waals surface area contributed by atoms with Crippen molar-refractivity contribution < 1.29 is 28.1 Å². The van der Waals surface area contributed by atoms with Crippen molar-refractivity contribution in [1.82, 2.24) is 24.2 Å². The Labute approximate surface area is 267 Å². The van der Waals surface area contributed by atoms with E-state index in [4.69, 9.17) is 14.5 Å². The first-order chi connectivity index (χ1) is 22.3. The molecule has 0 radical (unpaired) electrons. The third kappa shape index (κ3) is 7.09. The standard InChI is InChI=1S/C33H36N6O6S/c1-44-19-26-29(40)30(41)33(45-26)39-21-35-28-31(34-17-25(23-13-7-3-8-14-23)24-15-9-4-10-16-24)37-27(38-32(28)39)18-36-46(42,43)20-22-11-5-2-6-12-22/h2-16,21,25-26,29-30,33,36,40-41H,17-20H2,1H3,(H,34,37,38). The zero-order valence-electron chi connectivity index (χ0n) is 25.2. The number of benzene rings is 3. The molecule has 4 unspecified atom stereocenters. The van der Waals surface area contributed by atoms with Gasteiger partial charge in [0.25, 0.3) is 0 Å². The van der Waals surface area contributed by atoms with Crippen molar-refractivity contribution in [3.05, 3.63) is 120 Å². The Kier molecular flexibility index (Phi) is 9.68. The van der Waals surface area contributed by atoms with E-state index in [9.17, 15) is 18.6 Å². The minimum absolute atomic E-state index is 0.0349.